The third kappa shape index (κ3) is 5.51. The van der Waals surface area contributed by atoms with E-state index in [1.165, 1.54) is 23.5 Å². The molecule has 2 saturated heterocycles. The molecule has 8 nitrogen and oxygen atoms in total. The van der Waals surface area contributed by atoms with Gasteiger partial charge < -0.3 is 15.0 Å². The Labute approximate surface area is 207 Å². The summed E-state index contributed by atoms with van der Waals surface area (Å²) in [6, 6.07) is 14.1. The average molecular weight is 500 g/mol. The molecule has 9 heteroatoms. The van der Waals surface area contributed by atoms with Crippen molar-refractivity contribution in [1.29, 1.82) is 0 Å². The van der Waals surface area contributed by atoms with Gasteiger partial charge in [0.25, 0.3) is 0 Å². The zero-order valence-electron chi connectivity index (χ0n) is 20.3. The van der Waals surface area contributed by atoms with Gasteiger partial charge >= 0.3 is 0 Å². The second kappa shape index (κ2) is 10.8. The Morgan fingerprint density at radius 2 is 1.74 bits per heavy atom. The lowest BCUT2D eigenvalue weighted by atomic mass is 10.1. The van der Waals surface area contributed by atoms with E-state index in [2.05, 4.69) is 5.32 Å². The van der Waals surface area contributed by atoms with Crippen molar-refractivity contribution < 1.29 is 22.7 Å². The molecule has 188 valence electrons. The van der Waals surface area contributed by atoms with Gasteiger partial charge in [-0.05, 0) is 43.5 Å². The van der Waals surface area contributed by atoms with E-state index in [1.807, 2.05) is 37.3 Å². The number of hydrogen-bond acceptors (Lipinski definition) is 5. The molecule has 2 aromatic rings. The molecule has 35 heavy (non-hydrogen) atoms. The van der Waals surface area contributed by atoms with Crippen LogP contribution >= 0.6 is 0 Å². The highest BCUT2D eigenvalue weighted by Crippen LogP contribution is 2.33. The van der Waals surface area contributed by atoms with Gasteiger partial charge in [-0.15, -0.1) is 0 Å². The Kier molecular flexibility index (Phi) is 7.76. The molecule has 1 N–H and O–H groups in total. The van der Waals surface area contributed by atoms with Crippen LogP contribution in [0.25, 0.3) is 0 Å². The average Bonchev–Trinajstić information content (AvgIpc) is 3.06. The van der Waals surface area contributed by atoms with Crippen LogP contribution in [0.3, 0.4) is 0 Å². The Hall–Kier alpha value is -2.91. The minimum Gasteiger partial charge on any atom is -0.495 e. The first-order valence-corrected chi connectivity index (χ1v) is 13.6. The van der Waals surface area contributed by atoms with Crippen LogP contribution in [0, 0.1) is 5.92 Å². The zero-order valence-corrected chi connectivity index (χ0v) is 21.1. The second-order valence-corrected chi connectivity index (χ2v) is 11.1. The summed E-state index contributed by atoms with van der Waals surface area (Å²) in [6.07, 6.45) is 3.84. The summed E-state index contributed by atoms with van der Waals surface area (Å²) in [6.45, 7) is 3.24. The van der Waals surface area contributed by atoms with Crippen molar-refractivity contribution in [2.45, 2.75) is 50.0 Å². The van der Waals surface area contributed by atoms with Crippen molar-refractivity contribution >= 4 is 27.5 Å². The molecule has 2 aliphatic rings. The summed E-state index contributed by atoms with van der Waals surface area (Å²) in [5.74, 6) is -0.578. The van der Waals surface area contributed by atoms with Gasteiger partial charge in [-0.25, -0.2) is 8.42 Å². The maximum Gasteiger partial charge on any atom is 0.243 e. The topological polar surface area (TPSA) is 96.0 Å². The van der Waals surface area contributed by atoms with Crippen molar-refractivity contribution in [2.24, 2.45) is 5.92 Å². The molecule has 2 unspecified atom stereocenters. The number of ether oxygens (including phenoxy) is 1. The summed E-state index contributed by atoms with van der Waals surface area (Å²) >= 11 is 0. The number of amides is 2. The lowest BCUT2D eigenvalue weighted by molar-refractivity contribution is -0.129. The summed E-state index contributed by atoms with van der Waals surface area (Å²) in [4.78, 5) is 27.7. The van der Waals surface area contributed by atoms with Gasteiger partial charge in [0.1, 0.15) is 5.75 Å². The van der Waals surface area contributed by atoms with E-state index >= 15 is 0 Å². The van der Waals surface area contributed by atoms with E-state index in [0.29, 0.717) is 25.4 Å². The van der Waals surface area contributed by atoms with Crippen LogP contribution in [-0.4, -0.2) is 56.2 Å². The predicted molar refractivity (Wildman–Crippen MR) is 134 cm³/mol. The van der Waals surface area contributed by atoms with E-state index in [0.717, 1.165) is 31.2 Å². The highest BCUT2D eigenvalue weighted by atomic mass is 32.2. The Balaban J connectivity index is 1.50. The van der Waals surface area contributed by atoms with E-state index in [-0.39, 0.29) is 34.9 Å². The maximum absolute atomic E-state index is 13.3. The highest BCUT2D eigenvalue weighted by molar-refractivity contribution is 7.89. The van der Waals surface area contributed by atoms with Gasteiger partial charge in [-0.1, -0.05) is 43.2 Å². The number of likely N-dealkylation sites (tertiary alicyclic amines) is 1. The van der Waals surface area contributed by atoms with Crippen LogP contribution < -0.4 is 10.1 Å². The number of nitrogens with one attached hydrogen (secondary N) is 1. The number of carbonyl (C=O) groups is 2. The molecule has 0 bridgehead atoms. The van der Waals surface area contributed by atoms with Crippen LogP contribution in [0.5, 0.6) is 5.75 Å². The number of hydrogen-bond donors (Lipinski definition) is 1. The molecular weight excluding hydrogens is 466 g/mol. The molecule has 2 aromatic carbocycles. The number of nitrogens with zero attached hydrogens (tertiary/aromatic N) is 2. The first kappa shape index (κ1) is 25.2. The van der Waals surface area contributed by atoms with Gasteiger partial charge in [-0.3, -0.25) is 9.59 Å². The molecule has 4 rings (SSSR count). The molecule has 0 spiro atoms. The highest BCUT2D eigenvalue weighted by Gasteiger charge is 2.37. The number of methoxy groups -OCH3 is 1. The number of benzene rings is 2. The molecule has 2 heterocycles. The van der Waals surface area contributed by atoms with Crippen LogP contribution in [-0.2, 0) is 19.6 Å². The monoisotopic (exact) mass is 499 g/mol. The molecule has 0 aromatic heterocycles. The van der Waals surface area contributed by atoms with E-state index < -0.39 is 15.9 Å². The second-order valence-electron chi connectivity index (χ2n) is 9.20. The molecule has 2 atom stereocenters. The predicted octanol–water partition coefficient (Wildman–Crippen LogP) is 3.81. The molecule has 2 aliphatic heterocycles. The largest absolute Gasteiger partial charge is 0.495 e. The van der Waals surface area contributed by atoms with Crippen LogP contribution in [0.15, 0.2) is 53.4 Å². The third-order valence-electron chi connectivity index (χ3n) is 6.91. The first-order chi connectivity index (χ1) is 16.8. The SMILES string of the molecule is COc1ccc(S(=O)(=O)N2CCCCCC2)cc1NC(=O)C1CC(=O)N(C(C)c2ccccc2)C1. The fraction of sp³-hybridized carbons (Fsp3) is 0.462. The molecule has 0 aliphatic carbocycles. The van der Waals surface area contributed by atoms with Gasteiger partial charge in [0.2, 0.25) is 21.8 Å². The lowest BCUT2D eigenvalue weighted by Crippen LogP contribution is -2.32. The minimum absolute atomic E-state index is 0.0778. The summed E-state index contributed by atoms with van der Waals surface area (Å²) in [5.41, 5.74) is 1.30. The fourth-order valence-electron chi connectivity index (χ4n) is 4.80. The summed E-state index contributed by atoms with van der Waals surface area (Å²) in [5, 5.41) is 2.83. The van der Waals surface area contributed by atoms with Gasteiger partial charge in [-0.2, -0.15) is 4.31 Å². The van der Waals surface area contributed by atoms with Gasteiger partial charge in [0.15, 0.2) is 0 Å². The molecule has 0 saturated carbocycles. The van der Waals surface area contributed by atoms with Crippen molar-refractivity contribution in [1.82, 2.24) is 9.21 Å². The third-order valence-corrected chi connectivity index (χ3v) is 8.80. The quantitative estimate of drug-likeness (QED) is 0.625. The number of rotatable bonds is 7. The van der Waals surface area contributed by atoms with Crippen molar-refractivity contribution in [3.05, 3.63) is 54.1 Å². The van der Waals surface area contributed by atoms with Gasteiger partial charge in [0.05, 0.1) is 29.7 Å². The summed E-state index contributed by atoms with van der Waals surface area (Å²) < 4.78 is 33.4. The number of carbonyl (C=O) groups excluding carboxylic acids is 2. The van der Waals surface area contributed by atoms with Crippen LogP contribution in [0.1, 0.15) is 50.6 Å². The molecule has 2 fully saturated rings. The standard InChI is InChI=1S/C26H33N3O5S/c1-19(20-10-6-5-7-11-20)29-18-21(16-25(29)30)26(31)27-23-17-22(12-13-24(23)34-2)35(32,33)28-14-8-3-4-9-15-28/h5-7,10-13,17,19,21H,3-4,8-9,14-16,18H2,1-2H3,(H,27,31). The first-order valence-electron chi connectivity index (χ1n) is 12.1. The lowest BCUT2D eigenvalue weighted by Gasteiger charge is -2.25. The van der Waals surface area contributed by atoms with E-state index in [9.17, 15) is 18.0 Å². The van der Waals surface area contributed by atoms with E-state index in [4.69, 9.17) is 4.74 Å². The van der Waals surface area contributed by atoms with Crippen LogP contribution in [0.4, 0.5) is 5.69 Å². The fourth-order valence-corrected chi connectivity index (χ4v) is 6.35. The molecular formula is C26H33N3O5S. The number of anilines is 1. The zero-order chi connectivity index (χ0) is 25.0. The van der Waals surface area contributed by atoms with Gasteiger partial charge in [0, 0.05) is 26.1 Å². The van der Waals surface area contributed by atoms with Crippen molar-refractivity contribution in [3.8, 4) is 5.75 Å². The van der Waals surface area contributed by atoms with E-state index in [1.54, 1.807) is 11.0 Å². The smallest absolute Gasteiger partial charge is 0.243 e. The Morgan fingerprint density at radius 1 is 1.06 bits per heavy atom. The molecule has 0 radical (unpaired) electrons. The number of sulfonamides is 1. The van der Waals surface area contributed by atoms with Crippen molar-refractivity contribution in [2.75, 3.05) is 32.1 Å². The minimum atomic E-state index is -3.68. The maximum atomic E-state index is 13.3. The van der Waals surface area contributed by atoms with Crippen molar-refractivity contribution in [3.63, 3.8) is 0 Å². The molecule has 2 amide bonds. The normalized spacial score (nSPS) is 20.3. The summed E-state index contributed by atoms with van der Waals surface area (Å²) in [7, 11) is -2.21. The Morgan fingerprint density at radius 3 is 2.40 bits per heavy atom. The van der Waals surface area contributed by atoms with Crippen LogP contribution in [0.2, 0.25) is 0 Å². The Bertz CT molecular complexity index is 1160.